The first-order valence-electron chi connectivity index (χ1n) is 8.27. The van der Waals surface area contributed by atoms with Gasteiger partial charge in [-0.2, -0.15) is 0 Å². The molecule has 7 nitrogen and oxygen atoms in total. The van der Waals surface area contributed by atoms with E-state index in [0.717, 1.165) is 23.1 Å². The van der Waals surface area contributed by atoms with Crippen molar-refractivity contribution in [3.05, 3.63) is 42.0 Å². The average Bonchev–Trinajstić information content (AvgIpc) is 2.88. The number of likely N-dealkylation sites (tertiary alicyclic amines) is 1. The number of allylic oxidation sites excluding steroid dienone is 2. The minimum Gasteiger partial charge on any atom is -0.454 e. The van der Waals surface area contributed by atoms with Gasteiger partial charge in [0.2, 0.25) is 11.8 Å². The minimum absolute atomic E-state index is 0.391. The Morgan fingerprint density at radius 2 is 1.74 bits per heavy atom. The fraction of sp³-hybridized carbons (Fsp3) is 0.333. The lowest BCUT2D eigenvalue weighted by Crippen LogP contribution is -2.37. The standard InChI is InChI=1S/C18H16F2N2O5/c19-10-5-6-13(20)14(7-10)21-15(23)9-27-16(24)8-22-17(25)11-3-1-2-4-12(11)18(22)26/h1-2,5-7,11-12H,3-4,8-9H2,(H,21,23)/t11-,12-/m0/s1. The molecule has 0 bridgehead atoms. The van der Waals surface area contributed by atoms with E-state index in [1.54, 1.807) is 0 Å². The Balaban J connectivity index is 1.51. The van der Waals surface area contributed by atoms with Gasteiger partial charge in [-0.3, -0.25) is 24.1 Å². The fourth-order valence-corrected chi connectivity index (χ4v) is 3.13. The van der Waals surface area contributed by atoms with Crippen molar-refractivity contribution in [2.45, 2.75) is 12.8 Å². The minimum atomic E-state index is -0.946. The van der Waals surface area contributed by atoms with Crippen LogP contribution in [0.5, 0.6) is 0 Å². The smallest absolute Gasteiger partial charge is 0.326 e. The van der Waals surface area contributed by atoms with E-state index in [-0.39, 0.29) is 0 Å². The number of nitrogens with zero attached hydrogens (tertiary/aromatic N) is 1. The third-order valence-corrected chi connectivity index (χ3v) is 4.45. The van der Waals surface area contributed by atoms with Crippen molar-refractivity contribution in [1.29, 1.82) is 0 Å². The van der Waals surface area contributed by atoms with Gasteiger partial charge in [0.25, 0.3) is 5.91 Å². The predicted molar refractivity (Wildman–Crippen MR) is 88.0 cm³/mol. The van der Waals surface area contributed by atoms with Gasteiger partial charge in [-0.15, -0.1) is 0 Å². The Hall–Kier alpha value is -3.10. The van der Waals surface area contributed by atoms with Crippen LogP contribution in [0, 0.1) is 23.5 Å². The van der Waals surface area contributed by atoms with Crippen LogP contribution in [0.2, 0.25) is 0 Å². The highest BCUT2D eigenvalue weighted by Crippen LogP contribution is 2.34. The predicted octanol–water partition coefficient (Wildman–Crippen LogP) is 1.40. The number of hydrogen-bond donors (Lipinski definition) is 1. The van der Waals surface area contributed by atoms with E-state index in [9.17, 15) is 28.0 Å². The molecule has 1 aliphatic heterocycles. The molecule has 0 saturated carbocycles. The van der Waals surface area contributed by atoms with Crippen LogP contribution in [0.25, 0.3) is 0 Å². The first kappa shape index (κ1) is 18.7. The number of ether oxygens (including phenoxy) is 1. The van der Waals surface area contributed by atoms with Crippen LogP contribution >= 0.6 is 0 Å². The lowest BCUT2D eigenvalue weighted by Gasteiger charge is -2.14. The largest absolute Gasteiger partial charge is 0.454 e. The number of fused-ring (bicyclic) bond motifs is 1. The summed E-state index contributed by atoms with van der Waals surface area (Å²) in [5.74, 6) is -5.21. The van der Waals surface area contributed by atoms with E-state index in [4.69, 9.17) is 4.74 Å². The number of carbonyl (C=O) groups is 4. The van der Waals surface area contributed by atoms with E-state index in [1.807, 2.05) is 12.2 Å². The maximum absolute atomic E-state index is 13.5. The quantitative estimate of drug-likeness (QED) is 0.475. The molecule has 0 spiro atoms. The van der Waals surface area contributed by atoms with Gasteiger partial charge in [-0.05, 0) is 25.0 Å². The summed E-state index contributed by atoms with van der Waals surface area (Å²) in [4.78, 5) is 48.9. The second-order valence-electron chi connectivity index (χ2n) is 6.25. The summed E-state index contributed by atoms with van der Waals surface area (Å²) in [6, 6.07) is 2.52. The molecule has 1 fully saturated rings. The molecule has 2 aliphatic rings. The zero-order valence-electron chi connectivity index (χ0n) is 14.1. The SMILES string of the molecule is O=C(COC(=O)CN1C(=O)[C@H]2CC=CC[C@@H]2C1=O)Nc1cc(F)ccc1F. The van der Waals surface area contributed by atoms with Crippen LogP contribution in [0.4, 0.5) is 14.5 Å². The highest BCUT2D eigenvalue weighted by atomic mass is 19.1. The molecule has 1 saturated heterocycles. The first-order chi connectivity index (χ1) is 12.9. The summed E-state index contributed by atoms with van der Waals surface area (Å²) < 4.78 is 31.2. The maximum atomic E-state index is 13.5. The summed E-state index contributed by atoms with van der Waals surface area (Å²) in [6.07, 6.45) is 4.54. The number of rotatable bonds is 5. The molecular weight excluding hydrogens is 362 g/mol. The number of halogens is 2. The van der Waals surface area contributed by atoms with Gasteiger partial charge in [0.05, 0.1) is 17.5 Å². The first-order valence-corrected chi connectivity index (χ1v) is 8.27. The molecular formula is C18H16F2N2O5. The van der Waals surface area contributed by atoms with Crippen molar-refractivity contribution in [3.63, 3.8) is 0 Å². The Bertz CT molecular complexity index is 813. The monoisotopic (exact) mass is 378 g/mol. The van der Waals surface area contributed by atoms with Crippen LogP contribution in [-0.2, 0) is 23.9 Å². The Kier molecular flexibility index (Phi) is 5.29. The van der Waals surface area contributed by atoms with Gasteiger partial charge < -0.3 is 10.1 Å². The van der Waals surface area contributed by atoms with Gasteiger partial charge in [0, 0.05) is 6.07 Å². The van der Waals surface area contributed by atoms with Gasteiger partial charge in [0.1, 0.15) is 18.2 Å². The third kappa shape index (κ3) is 4.02. The molecule has 27 heavy (non-hydrogen) atoms. The number of amides is 3. The third-order valence-electron chi connectivity index (χ3n) is 4.45. The number of esters is 1. The molecule has 3 amide bonds. The van der Waals surface area contributed by atoms with Gasteiger partial charge >= 0.3 is 5.97 Å². The lowest BCUT2D eigenvalue weighted by atomic mass is 9.85. The molecule has 1 heterocycles. The fourth-order valence-electron chi connectivity index (χ4n) is 3.13. The Labute approximate surface area is 153 Å². The number of hydrogen-bond acceptors (Lipinski definition) is 5. The highest BCUT2D eigenvalue weighted by molar-refractivity contribution is 6.07. The average molecular weight is 378 g/mol. The molecule has 1 aromatic carbocycles. The Morgan fingerprint density at radius 1 is 1.11 bits per heavy atom. The summed E-state index contributed by atoms with van der Waals surface area (Å²) in [7, 11) is 0. The Morgan fingerprint density at radius 3 is 2.37 bits per heavy atom. The lowest BCUT2D eigenvalue weighted by molar-refractivity contribution is -0.154. The van der Waals surface area contributed by atoms with Gasteiger partial charge in [-0.25, -0.2) is 8.78 Å². The topological polar surface area (TPSA) is 92.8 Å². The van der Waals surface area contributed by atoms with Crippen molar-refractivity contribution >= 4 is 29.4 Å². The second-order valence-corrected chi connectivity index (χ2v) is 6.25. The molecule has 3 rings (SSSR count). The van der Waals surface area contributed by atoms with Gasteiger partial charge in [-0.1, -0.05) is 12.2 Å². The van der Waals surface area contributed by atoms with E-state index in [1.165, 1.54) is 0 Å². The van der Waals surface area contributed by atoms with Crippen molar-refractivity contribution in [1.82, 2.24) is 4.90 Å². The van der Waals surface area contributed by atoms with Crippen LogP contribution < -0.4 is 5.32 Å². The van der Waals surface area contributed by atoms with Crippen LogP contribution in [0.3, 0.4) is 0 Å². The summed E-state index contributed by atoms with van der Waals surface area (Å²) >= 11 is 0. The number of imide groups is 1. The van der Waals surface area contributed by atoms with Crippen LogP contribution in [0.15, 0.2) is 30.4 Å². The van der Waals surface area contributed by atoms with Crippen LogP contribution in [0.1, 0.15) is 12.8 Å². The highest BCUT2D eigenvalue weighted by Gasteiger charge is 2.47. The normalized spacial score (nSPS) is 21.2. The van der Waals surface area contributed by atoms with E-state index >= 15 is 0 Å². The van der Waals surface area contributed by atoms with Gasteiger partial charge in [0.15, 0.2) is 6.61 Å². The summed E-state index contributed by atoms with van der Waals surface area (Å²) in [5, 5.41) is 2.07. The van der Waals surface area contributed by atoms with Crippen molar-refractivity contribution < 1.29 is 32.7 Å². The maximum Gasteiger partial charge on any atom is 0.326 e. The van der Waals surface area contributed by atoms with Crippen molar-refractivity contribution in [2.24, 2.45) is 11.8 Å². The number of nitrogens with one attached hydrogen (secondary N) is 1. The second kappa shape index (κ2) is 7.65. The van der Waals surface area contributed by atoms with Crippen LogP contribution in [-0.4, -0.2) is 41.7 Å². The number of anilines is 1. The molecule has 0 aromatic heterocycles. The summed E-state index contributed by atoms with van der Waals surface area (Å²) in [6.45, 7) is -1.36. The molecule has 0 unspecified atom stereocenters. The molecule has 0 radical (unpaired) electrons. The molecule has 2 atom stereocenters. The molecule has 142 valence electrons. The molecule has 1 aromatic rings. The number of carbonyl (C=O) groups excluding carboxylic acids is 4. The molecule has 1 aliphatic carbocycles. The molecule has 1 N–H and O–H groups in total. The summed E-state index contributed by atoms with van der Waals surface area (Å²) in [5.41, 5.74) is -0.391. The zero-order chi connectivity index (χ0) is 19.6. The van der Waals surface area contributed by atoms with Crippen molar-refractivity contribution in [2.75, 3.05) is 18.5 Å². The van der Waals surface area contributed by atoms with Crippen molar-refractivity contribution in [3.8, 4) is 0 Å². The molecule has 9 heteroatoms. The van der Waals surface area contributed by atoms with E-state index in [2.05, 4.69) is 5.32 Å². The van der Waals surface area contributed by atoms with E-state index in [0.29, 0.717) is 12.8 Å². The zero-order valence-corrected chi connectivity index (χ0v) is 14.1. The van der Waals surface area contributed by atoms with E-state index < -0.39 is 66.0 Å². The number of benzene rings is 1.